The molecule has 1 heterocycles. The van der Waals surface area contributed by atoms with Crippen LogP contribution in [0.2, 0.25) is 6.04 Å². The number of carbonyl (C=O) groups is 1. The van der Waals surface area contributed by atoms with E-state index in [1.54, 1.807) is 33.1 Å². The summed E-state index contributed by atoms with van der Waals surface area (Å²) in [6.45, 7) is 7.76. The number of rotatable bonds is 11. The summed E-state index contributed by atoms with van der Waals surface area (Å²) in [7, 11) is 4.61. The first-order valence-electron chi connectivity index (χ1n) is 8.71. The van der Waals surface area contributed by atoms with Crippen molar-refractivity contribution >= 4 is 26.5 Å². The molecule has 0 atom stereocenters. The van der Waals surface area contributed by atoms with Gasteiger partial charge in [0, 0.05) is 33.3 Å². The third kappa shape index (κ3) is 11.2. The summed E-state index contributed by atoms with van der Waals surface area (Å²) < 4.78 is 22.2. The summed E-state index contributed by atoms with van der Waals surface area (Å²) >= 11 is 1.59. The molecule has 0 aromatic rings. The van der Waals surface area contributed by atoms with Crippen LogP contribution in [0.3, 0.4) is 0 Å². The standard InChI is InChI=1S/C9H20O5SSi.C7H16NO/c1-12-16(13-2,14-3)8-4-6-15-7-5-9(10)11;1-3-8(2)4-6-9-7-5-8/h4-8H2,1-3H3,(H,10,11);3-7H2,1-2H3/q;+1/p-1. The SMILES string of the molecule is CC[N+]1(C)CCOCC1.CO[Si](CCCSCCC(=O)[O-])(OC)OC. The molecule has 150 valence electrons. The molecule has 0 spiro atoms. The fourth-order valence-electron chi connectivity index (χ4n) is 2.30. The number of carbonyl (C=O) groups excluding carboxylic acids is 1. The Labute approximate surface area is 157 Å². The first-order valence-corrected chi connectivity index (χ1v) is 11.8. The van der Waals surface area contributed by atoms with E-state index in [0.29, 0.717) is 5.75 Å². The van der Waals surface area contributed by atoms with Gasteiger partial charge < -0.3 is 32.4 Å². The highest BCUT2D eigenvalue weighted by Gasteiger charge is 2.36. The monoisotopic (exact) mass is 397 g/mol. The van der Waals surface area contributed by atoms with Crippen LogP contribution >= 0.6 is 11.8 Å². The van der Waals surface area contributed by atoms with Crippen molar-refractivity contribution in [3.05, 3.63) is 0 Å². The molecular formula is C16H35NO6SSi. The molecule has 0 aromatic heterocycles. The van der Waals surface area contributed by atoms with E-state index in [4.69, 9.17) is 18.0 Å². The van der Waals surface area contributed by atoms with Crippen molar-refractivity contribution in [2.45, 2.75) is 25.8 Å². The molecule has 1 rings (SSSR count). The van der Waals surface area contributed by atoms with Crippen LogP contribution in [0.4, 0.5) is 0 Å². The molecule has 0 aliphatic carbocycles. The van der Waals surface area contributed by atoms with E-state index in [2.05, 4.69) is 14.0 Å². The lowest BCUT2D eigenvalue weighted by molar-refractivity contribution is -0.915. The normalized spacial score (nSPS) is 16.8. The second-order valence-corrected chi connectivity index (χ2v) is 10.4. The van der Waals surface area contributed by atoms with E-state index in [1.807, 2.05) is 0 Å². The van der Waals surface area contributed by atoms with Crippen molar-refractivity contribution in [3.63, 3.8) is 0 Å². The Morgan fingerprint density at radius 1 is 1.16 bits per heavy atom. The number of likely N-dealkylation sites (N-methyl/N-ethyl adjacent to an activating group) is 1. The van der Waals surface area contributed by atoms with E-state index in [0.717, 1.165) is 31.4 Å². The average Bonchev–Trinajstić information content (AvgIpc) is 2.63. The quantitative estimate of drug-likeness (QED) is 0.287. The predicted molar refractivity (Wildman–Crippen MR) is 100 cm³/mol. The third-order valence-corrected chi connectivity index (χ3v) is 8.37. The summed E-state index contributed by atoms with van der Waals surface area (Å²) in [6.07, 6.45) is 0.992. The molecule has 0 amide bonds. The maximum absolute atomic E-state index is 10.2. The van der Waals surface area contributed by atoms with Crippen LogP contribution < -0.4 is 5.11 Å². The minimum atomic E-state index is -2.44. The Kier molecular flexibility index (Phi) is 13.9. The Morgan fingerprint density at radius 3 is 2.12 bits per heavy atom. The van der Waals surface area contributed by atoms with Crippen molar-refractivity contribution in [2.24, 2.45) is 0 Å². The second-order valence-electron chi connectivity index (χ2n) is 6.13. The Hall–Kier alpha value is -0.163. The van der Waals surface area contributed by atoms with Crippen molar-refractivity contribution in [2.75, 3.05) is 72.7 Å². The lowest BCUT2D eigenvalue weighted by Crippen LogP contribution is -2.51. The summed E-state index contributed by atoms with van der Waals surface area (Å²) in [4.78, 5) is 10.2. The number of carboxylic acids is 1. The van der Waals surface area contributed by atoms with Gasteiger partial charge in [-0.05, 0) is 31.3 Å². The van der Waals surface area contributed by atoms with Crippen molar-refractivity contribution in [1.29, 1.82) is 0 Å². The summed E-state index contributed by atoms with van der Waals surface area (Å²) in [5.41, 5.74) is 0. The summed E-state index contributed by atoms with van der Waals surface area (Å²) in [5.74, 6) is 0.462. The topological polar surface area (TPSA) is 77.1 Å². The fourth-order valence-corrected chi connectivity index (χ4v) is 5.15. The van der Waals surface area contributed by atoms with Gasteiger partial charge in [-0.15, -0.1) is 0 Å². The van der Waals surface area contributed by atoms with Crippen LogP contribution in [0.15, 0.2) is 0 Å². The van der Waals surface area contributed by atoms with Crippen LogP contribution in [-0.4, -0.2) is 92.0 Å². The number of quaternary nitrogens is 1. The van der Waals surface area contributed by atoms with Crippen molar-refractivity contribution < 1.29 is 32.4 Å². The van der Waals surface area contributed by atoms with Gasteiger partial charge in [-0.25, -0.2) is 0 Å². The van der Waals surface area contributed by atoms with Gasteiger partial charge in [-0.2, -0.15) is 11.8 Å². The van der Waals surface area contributed by atoms with E-state index >= 15 is 0 Å². The molecule has 7 nitrogen and oxygen atoms in total. The van der Waals surface area contributed by atoms with Crippen LogP contribution in [-0.2, 0) is 22.8 Å². The maximum Gasteiger partial charge on any atom is 0.500 e. The molecular weight excluding hydrogens is 362 g/mol. The van der Waals surface area contributed by atoms with E-state index < -0.39 is 14.8 Å². The molecule has 0 saturated carbocycles. The van der Waals surface area contributed by atoms with Gasteiger partial charge in [0.15, 0.2) is 0 Å². The van der Waals surface area contributed by atoms with Gasteiger partial charge in [-0.3, -0.25) is 0 Å². The van der Waals surface area contributed by atoms with E-state index in [-0.39, 0.29) is 6.42 Å². The number of thioether (sulfide) groups is 1. The molecule has 0 unspecified atom stereocenters. The number of ether oxygens (including phenoxy) is 1. The van der Waals surface area contributed by atoms with Gasteiger partial charge in [0.2, 0.25) is 0 Å². The second kappa shape index (κ2) is 14.0. The molecule has 9 heteroatoms. The van der Waals surface area contributed by atoms with Crippen LogP contribution in [0.5, 0.6) is 0 Å². The number of hydrogen-bond donors (Lipinski definition) is 0. The molecule has 25 heavy (non-hydrogen) atoms. The molecule has 0 bridgehead atoms. The Morgan fingerprint density at radius 2 is 1.72 bits per heavy atom. The van der Waals surface area contributed by atoms with Gasteiger partial charge in [-0.1, -0.05) is 0 Å². The average molecular weight is 398 g/mol. The highest BCUT2D eigenvalue weighted by molar-refractivity contribution is 7.99. The fraction of sp³-hybridized carbons (Fsp3) is 0.938. The number of carboxylic acid groups (broad SMARTS) is 1. The smallest absolute Gasteiger partial charge is 0.500 e. The molecule has 1 aliphatic heterocycles. The highest BCUT2D eigenvalue weighted by Crippen LogP contribution is 2.17. The zero-order valence-corrected chi connectivity index (χ0v) is 18.2. The Balaban J connectivity index is 0.000000535. The summed E-state index contributed by atoms with van der Waals surface area (Å²) in [5, 5.41) is 10.2. The highest BCUT2D eigenvalue weighted by atomic mass is 32.2. The zero-order chi connectivity index (χ0) is 19.2. The van der Waals surface area contributed by atoms with Crippen LogP contribution in [0.1, 0.15) is 19.8 Å². The third-order valence-electron chi connectivity index (χ3n) is 4.47. The number of aliphatic carboxylic acids is 1. The molecule has 1 aliphatic rings. The van der Waals surface area contributed by atoms with Gasteiger partial charge in [0.25, 0.3) is 0 Å². The zero-order valence-electron chi connectivity index (χ0n) is 16.4. The van der Waals surface area contributed by atoms with E-state index in [9.17, 15) is 9.90 Å². The van der Waals surface area contributed by atoms with Crippen molar-refractivity contribution in [3.8, 4) is 0 Å². The van der Waals surface area contributed by atoms with Crippen molar-refractivity contribution in [1.82, 2.24) is 0 Å². The molecule has 0 aromatic carbocycles. The molecule has 1 saturated heterocycles. The number of morpholine rings is 1. The van der Waals surface area contributed by atoms with Gasteiger partial charge in [0.1, 0.15) is 13.1 Å². The molecule has 0 N–H and O–H groups in total. The number of hydrogen-bond acceptors (Lipinski definition) is 7. The molecule has 0 radical (unpaired) electrons. The largest absolute Gasteiger partial charge is 0.550 e. The maximum atomic E-state index is 10.2. The minimum absolute atomic E-state index is 0.103. The van der Waals surface area contributed by atoms with Crippen LogP contribution in [0.25, 0.3) is 0 Å². The van der Waals surface area contributed by atoms with Gasteiger partial charge >= 0.3 is 8.80 Å². The lowest BCUT2D eigenvalue weighted by atomic mass is 10.3. The minimum Gasteiger partial charge on any atom is -0.550 e. The first kappa shape index (κ1) is 24.8. The van der Waals surface area contributed by atoms with E-state index in [1.165, 1.54) is 24.1 Å². The Bertz CT molecular complexity index is 343. The van der Waals surface area contributed by atoms with Crippen LogP contribution in [0, 0.1) is 0 Å². The predicted octanol–water partition coefficient (Wildman–Crippen LogP) is 0.611. The summed E-state index contributed by atoms with van der Waals surface area (Å²) in [6, 6.07) is 0.745. The van der Waals surface area contributed by atoms with Gasteiger partial charge in [0.05, 0.1) is 26.8 Å². The first-order chi connectivity index (χ1) is 11.9. The lowest BCUT2D eigenvalue weighted by Gasteiger charge is -2.36. The number of nitrogens with zero attached hydrogens (tertiary/aromatic N) is 1. The molecule has 1 fully saturated rings.